The van der Waals surface area contributed by atoms with Crippen LogP contribution in [-0.4, -0.2) is 26.6 Å². The molecule has 0 aliphatic carbocycles. The fourth-order valence-electron chi connectivity index (χ4n) is 1.85. The maximum Gasteiger partial charge on any atom is 0.255 e. The van der Waals surface area contributed by atoms with Crippen LogP contribution in [0.1, 0.15) is 20.7 Å². The summed E-state index contributed by atoms with van der Waals surface area (Å²) in [4.78, 5) is 23.3. The molecule has 0 unspecified atom stereocenters. The number of aromatic carboxylic acids is 1. The van der Waals surface area contributed by atoms with Gasteiger partial charge in [-0.2, -0.15) is 0 Å². The van der Waals surface area contributed by atoms with E-state index >= 15 is 0 Å². The predicted molar refractivity (Wildman–Crippen MR) is 83.3 cm³/mol. The topological polar surface area (TPSA) is 103 Å². The molecule has 0 atom stereocenters. The molecule has 23 heavy (non-hydrogen) atoms. The largest absolute Gasteiger partial charge is 0.545 e. The molecule has 1 amide bonds. The lowest BCUT2D eigenvalue weighted by molar-refractivity contribution is -0.254. The van der Waals surface area contributed by atoms with Gasteiger partial charge in [0.05, 0.1) is 16.6 Å². The van der Waals surface area contributed by atoms with Crippen molar-refractivity contribution >= 4 is 39.0 Å². The Morgan fingerprint density at radius 2 is 1.70 bits per heavy atom. The Morgan fingerprint density at radius 3 is 2.22 bits per heavy atom. The molecule has 6 nitrogen and oxygen atoms in total. The quantitative estimate of drug-likeness (QED) is 0.894. The third-order valence-electron chi connectivity index (χ3n) is 2.99. The number of anilines is 1. The Bertz CT molecular complexity index is 875. The van der Waals surface area contributed by atoms with Crippen LogP contribution in [0, 0.1) is 0 Å². The van der Waals surface area contributed by atoms with Crippen molar-refractivity contribution in [2.75, 3.05) is 11.6 Å². The molecule has 8 heteroatoms. The highest BCUT2D eigenvalue weighted by molar-refractivity contribution is 7.90. The van der Waals surface area contributed by atoms with E-state index in [1.807, 2.05) is 0 Å². The average Bonchev–Trinajstić information content (AvgIpc) is 2.46. The number of carboxylic acid groups (broad SMARTS) is 1. The Kier molecular flexibility index (Phi) is 4.72. The molecule has 2 aromatic rings. The van der Waals surface area contributed by atoms with Gasteiger partial charge in [-0.05, 0) is 42.5 Å². The van der Waals surface area contributed by atoms with Crippen molar-refractivity contribution < 1.29 is 23.1 Å². The number of sulfone groups is 1. The molecule has 120 valence electrons. The van der Waals surface area contributed by atoms with Gasteiger partial charge >= 0.3 is 0 Å². The highest BCUT2D eigenvalue weighted by Crippen LogP contribution is 2.21. The van der Waals surface area contributed by atoms with Crippen LogP contribution in [0.25, 0.3) is 0 Å². The van der Waals surface area contributed by atoms with Gasteiger partial charge in [0.2, 0.25) is 0 Å². The number of carboxylic acids is 1. The van der Waals surface area contributed by atoms with Gasteiger partial charge in [-0.15, -0.1) is 0 Å². The van der Waals surface area contributed by atoms with Gasteiger partial charge in [0, 0.05) is 22.4 Å². The van der Waals surface area contributed by atoms with E-state index in [1.54, 1.807) is 0 Å². The van der Waals surface area contributed by atoms with Crippen LogP contribution in [-0.2, 0) is 9.84 Å². The van der Waals surface area contributed by atoms with Crippen LogP contribution in [0.2, 0.25) is 5.02 Å². The van der Waals surface area contributed by atoms with Crippen molar-refractivity contribution in [3.05, 3.63) is 58.6 Å². The van der Waals surface area contributed by atoms with E-state index in [9.17, 15) is 23.1 Å². The van der Waals surface area contributed by atoms with Crippen molar-refractivity contribution in [3.8, 4) is 0 Å². The van der Waals surface area contributed by atoms with Gasteiger partial charge in [0.1, 0.15) is 0 Å². The summed E-state index contributed by atoms with van der Waals surface area (Å²) >= 11 is 5.79. The number of nitrogens with one attached hydrogen (secondary N) is 1. The zero-order valence-corrected chi connectivity index (χ0v) is 13.4. The highest BCUT2D eigenvalue weighted by atomic mass is 35.5. The molecule has 0 saturated carbocycles. The number of hydrogen-bond acceptors (Lipinski definition) is 5. The van der Waals surface area contributed by atoms with E-state index in [0.29, 0.717) is 0 Å². The summed E-state index contributed by atoms with van der Waals surface area (Å²) in [6.07, 6.45) is 1.06. The van der Waals surface area contributed by atoms with Gasteiger partial charge in [-0.25, -0.2) is 8.42 Å². The minimum Gasteiger partial charge on any atom is -0.545 e. The summed E-state index contributed by atoms with van der Waals surface area (Å²) in [6.45, 7) is 0. The molecule has 0 aromatic heterocycles. The van der Waals surface area contributed by atoms with Gasteiger partial charge < -0.3 is 15.2 Å². The Morgan fingerprint density at radius 1 is 1.09 bits per heavy atom. The van der Waals surface area contributed by atoms with Gasteiger partial charge in [0.25, 0.3) is 5.91 Å². The van der Waals surface area contributed by atoms with E-state index in [2.05, 4.69) is 5.32 Å². The normalized spacial score (nSPS) is 11.0. The van der Waals surface area contributed by atoms with E-state index in [-0.39, 0.29) is 26.7 Å². The SMILES string of the molecule is CS(=O)(=O)c1ccc(C(=O)Nc2cc(Cl)ccc2C(=O)[O-])cc1. The molecule has 0 fully saturated rings. The first kappa shape index (κ1) is 17.0. The van der Waals surface area contributed by atoms with E-state index in [0.717, 1.165) is 6.26 Å². The number of halogens is 1. The molecule has 0 aliphatic heterocycles. The second-order valence-corrected chi connectivity index (χ2v) is 7.18. The van der Waals surface area contributed by atoms with Gasteiger partial charge in [0.15, 0.2) is 9.84 Å². The molecule has 0 heterocycles. The zero-order chi connectivity index (χ0) is 17.2. The number of carbonyl (C=O) groups excluding carboxylic acids is 2. The van der Waals surface area contributed by atoms with Crippen LogP contribution in [0.15, 0.2) is 47.4 Å². The average molecular weight is 353 g/mol. The van der Waals surface area contributed by atoms with Crippen molar-refractivity contribution in [1.29, 1.82) is 0 Å². The van der Waals surface area contributed by atoms with Crippen molar-refractivity contribution in [3.63, 3.8) is 0 Å². The molecular weight excluding hydrogens is 342 g/mol. The second kappa shape index (κ2) is 6.39. The van der Waals surface area contributed by atoms with Gasteiger partial charge in [-0.3, -0.25) is 4.79 Å². The number of amides is 1. The van der Waals surface area contributed by atoms with Crippen LogP contribution < -0.4 is 10.4 Å². The molecule has 0 aliphatic rings. The standard InChI is InChI=1S/C15H12ClNO5S/c1-23(21,22)11-5-2-9(3-6-11)14(18)17-13-8-10(16)4-7-12(13)15(19)20/h2-8H,1H3,(H,17,18)(H,19,20)/p-1. The highest BCUT2D eigenvalue weighted by Gasteiger charge is 2.12. The summed E-state index contributed by atoms with van der Waals surface area (Å²) in [6, 6.07) is 9.12. The van der Waals surface area contributed by atoms with Crippen molar-refractivity contribution in [2.24, 2.45) is 0 Å². The molecule has 2 aromatic carbocycles. The van der Waals surface area contributed by atoms with Crippen molar-refractivity contribution in [2.45, 2.75) is 4.90 Å². The number of rotatable bonds is 4. The first-order valence-corrected chi connectivity index (χ1v) is 8.58. The lowest BCUT2D eigenvalue weighted by Gasteiger charge is -2.12. The van der Waals surface area contributed by atoms with E-state index in [1.165, 1.54) is 42.5 Å². The number of hydrogen-bond donors (Lipinski definition) is 1. The van der Waals surface area contributed by atoms with Crippen molar-refractivity contribution in [1.82, 2.24) is 0 Å². The predicted octanol–water partition coefficient (Wildman–Crippen LogP) is 1.36. The van der Waals surface area contributed by atoms with E-state index < -0.39 is 21.7 Å². The minimum absolute atomic E-state index is 0.00492. The maximum absolute atomic E-state index is 12.1. The Labute approximate surface area is 137 Å². The Hall–Kier alpha value is -2.38. The molecule has 0 bridgehead atoms. The van der Waals surface area contributed by atoms with Crippen LogP contribution in [0.4, 0.5) is 5.69 Å². The Balaban J connectivity index is 2.29. The molecule has 0 saturated heterocycles. The van der Waals surface area contributed by atoms with Crippen LogP contribution in [0.3, 0.4) is 0 Å². The summed E-state index contributed by atoms with van der Waals surface area (Å²) in [5.74, 6) is -2.06. The minimum atomic E-state index is -3.36. The maximum atomic E-state index is 12.1. The van der Waals surface area contributed by atoms with Crippen LogP contribution >= 0.6 is 11.6 Å². The third kappa shape index (κ3) is 4.08. The number of benzene rings is 2. The smallest absolute Gasteiger partial charge is 0.255 e. The summed E-state index contributed by atoms with van der Waals surface area (Å²) in [5.41, 5.74) is -0.0492. The molecule has 0 radical (unpaired) electrons. The zero-order valence-electron chi connectivity index (χ0n) is 11.9. The summed E-state index contributed by atoms with van der Waals surface area (Å²) in [5, 5.41) is 13.7. The molecule has 0 spiro atoms. The second-order valence-electron chi connectivity index (χ2n) is 4.73. The third-order valence-corrected chi connectivity index (χ3v) is 4.36. The molecule has 1 N–H and O–H groups in total. The fraction of sp³-hybridized carbons (Fsp3) is 0.0667. The fourth-order valence-corrected chi connectivity index (χ4v) is 2.65. The first-order valence-electron chi connectivity index (χ1n) is 6.31. The first-order chi connectivity index (χ1) is 10.7. The van der Waals surface area contributed by atoms with Crippen LogP contribution in [0.5, 0.6) is 0 Å². The lowest BCUT2D eigenvalue weighted by Crippen LogP contribution is -2.24. The summed E-state index contributed by atoms with van der Waals surface area (Å²) in [7, 11) is -3.36. The van der Waals surface area contributed by atoms with E-state index in [4.69, 9.17) is 11.6 Å². The lowest BCUT2D eigenvalue weighted by atomic mass is 10.1. The molecular formula is C15H11ClNO5S-. The molecule has 2 rings (SSSR count). The monoisotopic (exact) mass is 352 g/mol. The summed E-state index contributed by atoms with van der Waals surface area (Å²) < 4.78 is 22.7. The number of carbonyl (C=O) groups is 2. The van der Waals surface area contributed by atoms with Gasteiger partial charge in [-0.1, -0.05) is 11.6 Å².